The maximum absolute atomic E-state index is 12.5. The number of hydrogen-bond acceptors (Lipinski definition) is 5. The van der Waals surface area contributed by atoms with Gasteiger partial charge in [-0.05, 0) is 24.6 Å². The van der Waals surface area contributed by atoms with E-state index in [4.69, 9.17) is 10.9 Å². The van der Waals surface area contributed by atoms with Gasteiger partial charge in [0.1, 0.15) is 0 Å². The van der Waals surface area contributed by atoms with Crippen molar-refractivity contribution in [1.82, 2.24) is 8.61 Å². The van der Waals surface area contributed by atoms with Crippen LogP contribution in [0.3, 0.4) is 0 Å². The lowest BCUT2D eigenvalue weighted by Crippen LogP contribution is -2.52. The van der Waals surface area contributed by atoms with Crippen molar-refractivity contribution < 1.29 is 16.8 Å². The minimum absolute atomic E-state index is 0.0411. The Morgan fingerprint density at radius 2 is 1.52 bits per heavy atom. The van der Waals surface area contributed by atoms with Crippen LogP contribution in [-0.2, 0) is 20.2 Å². The van der Waals surface area contributed by atoms with E-state index < -0.39 is 20.2 Å². The molecule has 1 saturated heterocycles. The first-order chi connectivity index (χ1) is 9.62. The van der Waals surface area contributed by atoms with Crippen molar-refractivity contribution in [1.29, 1.82) is 0 Å². The summed E-state index contributed by atoms with van der Waals surface area (Å²) in [6.45, 7) is 1.99. The molecule has 1 heterocycles. The van der Waals surface area contributed by atoms with Crippen LogP contribution in [-0.4, -0.2) is 51.6 Å². The van der Waals surface area contributed by atoms with Gasteiger partial charge in [-0.1, -0.05) is 6.07 Å². The number of rotatable bonds is 3. The number of benzene rings is 1. The Labute approximate surface area is 124 Å². The first-order valence-corrected chi connectivity index (χ1v) is 9.21. The molecule has 0 atom stereocenters. The Hall–Kier alpha value is -1.20. The molecule has 2 rings (SSSR count). The lowest BCUT2D eigenvalue weighted by molar-refractivity contribution is 0.273. The van der Waals surface area contributed by atoms with Crippen LogP contribution in [0.2, 0.25) is 0 Å². The summed E-state index contributed by atoms with van der Waals surface area (Å²) in [7, 11) is -7.46. The molecule has 0 unspecified atom stereocenters. The highest BCUT2D eigenvalue weighted by Gasteiger charge is 2.31. The number of hydrogen-bond donors (Lipinski definition) is 2. The third kappa shape index (κ3) is 3.35. The second kappa shape index (κ2) is 5.54. The van der Waals surface area contributed by atoms with Gasteiger partial charge in [0.25, 0.3) is 10.2 Å². The normalized spacial score (nSPS) is 18.8. The van der Waals surface area contributed by atoms with Crippen molar-refractivity contribution in [3.8, 4) is 0 Å². The molecule has 1 aromatic rings. The van der Waals surface area contributed by atoms with Gasteiger partial charge in [0.2, 0.25) is 10.0 Å². The first-order valence-electron chi connectivity index (χ1n) is 6.26. The smallest absolute Gasteiger partial charge is 0.276 e. The van der Waals surface area contributed by atoms with Gasteiger partial charge in [0, 0.05) is 31.9 Å². The summed E-state index contributed by atoms with van der Waals surface area (Å²) >= 11 is 0. The molecule has 1 fully saturated rings. The Bertz CT molecular complexity index is 737. The maximum Gasteiger partial charge on any atom is 0.276 e. The molecule has 0 bridgehead atoms. The van der Waals surface area contributed by atoms with Gasteiger partial charge in [0.15, 0.2) is 0 Å². The molecule has 4 N–H and O–H groups in total. The number of sulfonamides is 1. The van der Waals surface area contributed by atoms with E-state index >= 15 is 0 Å². The second-order valence-corrected chi connectivity index (χ2v) is 8.35. The van der Waals surface area contributed by atoms with Crippen LogP contribution in [0.5, 0.6) is 0 Å². The van der Waals surface area contributed by atoms with Gasteiger partial charge in [-0.25, -0.2) is 13.6 Å². The highest BCUT2D eigenvalue weighted by atomic mass is 32.2. The van der Waals surface area contributed by atoms with Gasteiger partial charge < -0.3 is 5.73 Å². The van der Waals surface area contributed by atoms with E-state index in [0.717, 1.165) is 9.87 Å². The molecule has 0 aliphatic carbocycles. The SMILES string of the molecule is Cc1ccc(S(=O)(=O)N2CCN(S(N)(=O)=O)CC2)cc1N. The third-order valence-corrected chi connectivity index (χ3v) is 6.43. The fourth-order valence-electron chi connectivity index (χ4n) is 2.09. The predicted octanol–water partition coefficient (Wildman–Crippen LogP) is -0.913. The molecule has 1 aliphatic heterocycles. The molecule has 1 aliphatic rings. The van der Waals surface area contributed by atoms with E-state index in [2.05, 4.69) is 0 Å². The molecule has 8 nitrogen and oxygen atoms in total. The number of nitrogen functional groups attached to an aromatic ring is 1. The second-order valence-electron chi connectivity index (χ2n) is 4.87. The van der Waals surface area contributed by atoms with Gasteiger partial charge in [-0.15, -0.1) is 0 Å². The summed E-state index contributed by atoms with van der Waals surface area (Å²) in [5.41, 5.74) is 6.94. The molecule has 0 aromatic heterocycles. The molecule has 21 heavy (non-hydrogen) atoms. The number of nitrogens with two attached hydrogens (primary N) is 2. The summed E-state index contributed by atoms with van der Waals surface area (Å²) < 4.78 is 49.7. The third-order valence-electron chi connectivity index (χ3n) is 3.45. The van der Waals surface area contributed by atoms with E-state index in [1.165, 1.54) is 16.4 Å². The van der Waals surface area contributed by atoms with Crippen molar-refractivity contribution in [3.05, 3.63) is 23.8 Å². The van der Waals surface area contributed by atoms with Crippen molar-refractivity contribution in [3.63, 3.8) is 0 Å². The molecule has 10 heteroatoms. The van der Waals surface area contributed by atoms with Crippen molar-refractivity contribution in [2.24, 2.45) is 5.14 Å². The molecular formula is C11H18N4O4S2. The van der Waals surface area contributed by atoms with Gasteiger partial charge in [0.05, 0.1) is 4.90 Å². The summed E-state index contributed by atoms with van der Waals surface area (Å²) in [5, 5.41) is 5.03. The van der Waals surface area contributed by atoms with Crippen LogP contribution in [0.15, 0.2) is 23.1 Å². The minimum Gasteiger partial charge on any atom is -0.398 e. The highest BCUT2D eigenvalue weighted by molar-refractivity contribution is 7.89. The van der Waals surface area contributed by atoms with Gasteiger partial charge in [-0.2, -0.15) is 17.0 Å². The van der Waals surface area contributed by atoms with Crippen molar-refractivity contribution in [2.45, 2.75) is 11.8 Å². The van der Waals surface area contributed by atoms with Crippen LogP contribution in [0.4, 0.5) is 5.69 Å². The number of piperazine rings is 1. The molecule has 0 spiro atoms. The van der Waals surface area contributed by atoms with E-state index in [0.29, 0.717) is 5.69 Å². The number of aryl methyl sites for hydroxylation is 1. The Morgan fingerprint density at radius 3 is 2.00 bits per heavy atom. The largest absolute Gasteiger partial charge is 0.398 e. The zero-order chi connectivity index (χ0) is 15.8. The Morgan fingerprint density at radius 1 is 1.00 bits per heavy atom. The van der Waals surface area contributed by atoms with Gasteiger partial charge in [-0.3, -0.25) is 0 Å². The number of nitrogens with zero attached hydrogens (tertiary/aromatic N) is 2. The first kappa shape index (κ1) is 16.2. The molecule has 1 aromatic carbocycles. The van der Waals surface area contributed by atoms with E-state index in [-0.39, 0.29) is 31.1 Å². The lowest BCUT2D eigenvalue weighted by Gasteiger charge is -2.32. The fraction of sp³-hybridized carbons (Fsp3) is 0.455. The van der Waals surface area contributed by atoms with E-state index in [1.807, 2.05) is 0 Å². The summed E-state index contributed by atoms with van der Waals surface area (Å²) in [5.74, 6) is 0. The van der Waals surface area contributed by atoms with Crippen LogP contribution in [0.1, 0.15) is 5.56 Å². The lowest BCUT2D eigenvalue weighted by atomic mass is 10.2. The van der Waals surface area contributed by atoms with E-state index in [1.54, 1.807) is 13.0 Å². The van der Waals surface area contributed by atoms with Crippen molar-refractivity contribution >= 4 is 25.9 Å². The molecule has 0 amide bonds. The summed E-state index contributed by atoms with van der Waals surface area (Å²) in [4.78, 5) is 0.106. The predicted molar refractivity (Wildman–Crippen MR) is 79.0 cm³/mol. The van der Waals surface area contributed by atoms with Crippen LogP contribution in [0.25, 0.3) is 0 Å². The summed E-state index contributed by atoms with van der Waals surface area (Å²) in [6, 6.07) is 4.55. The van der Waals surface area contributed by atoms with Crippen LogP contribution < -0.4 is 10.9 Å². The Kier molecular flexibility index (Phi) is 4.26. The fourth-order valence-corrected chi connectivity index (χ4v) is 4.22. The quantitative estimate of drug-likeness (QED) is 0.692. The molecular weight excluding hydrogens is 316 g/mol. The average Bonchev–Trinajstić information content (AvgIpc) is 2.41. The van der Waals surface area contributed by atoms with Crippen molar-refractivity contribution in [2.75, 3.05) is 31.9 Å². The molecule has 118 valence electrons. The maximum atomic E-state index is 12.5. The molecule has 0 saturated carbocycles. The minimum atomic E-state index is -3.78. The topological polar surface area (TPSA) is 127 Å². The monoisotopic (exact) mass is 334 g/mol. The number of anilines is 1. The zero-order valence-corrected chi connectivity index (χ0v) is 13.2. The van der Waals surface area contributed by atoms with Crippen LogP contribution in [0, 0.1) is 6.92 Å². The highest BCUT2D eigenvalue weighted by Crippen LogP contribution is 2.22. The Balaban J connectivity index is 2.20. The zero-order valence-electron chi connectivity index (χ0n) is 11.6. The van der Waals surface area contributed by atoms with Crippen LogP contribution >= 0.6 is 0 Å². The molecule has 0 radical (unpaired) electrons. The van der Waals surface area contributed by atoms with E-state index in [9.17, 15) is 16.8 Å². The van der Waals surface area contributed by atoms with Gasteiger partial charge >= 0.3 is 0 Å². The average molecular weight is 334 g/mol. The standard InChI is InChI=1S/C11H18N4O4S2/c1-9-2-3-10(8-11(9)12)20(16,17)14-4-6-15(7-5-14)21(13,18)19/h2-3,8H,4-7,12H2,1H3,(H2,13,18,19). The summed E-state index contributed by atoms with van der Waals surface area (Å²) in [6.07, 6.45) is 0.